The Morgan fingerprint density at radius 3 is 2.50 bits per heavy atom. The lowest BCUT2D eigenvalue weighted by molar-refractivity contribution is -0.181. The fourth-order valence-electron chi connectivity index (χ4n) is 8.24. The van der Waals surface area contributed by atoms with Crippen molar-refractivity contribution in [1.82, 2.24) is 0 Å². The first-order valence-electron chi connectivity index (χ1n) is 11.3. The third-order valence-electron chi connectivity index (χ3n) is 9.51. The van der Waals surface area contributed by atoms with Crippen LogP contribution >= 0.6 is 0 Å². The predicted molar refractivity (Wildman–Crippen MR) is 110 cm³/mol. The van der Waals surface area contributed by atoms with E-state index in [4.69, 9.17) is 8.92 Å². The van der Waals surface area contributed by atoms with Gasteiger partial charge in [-0.2, -0.15) is 8.42 Å². The summed E-state index contributed by atoms with van der Waals surface area (Å²) in [5.74, 6) is 0.796. The van der Waals surface area contributed by atoms with Crippen molar-refractivity contribution in [3.8, 4) is 0 Å². The highest BCUT2D eigenvalue weighted by Crippen LogP contribution is 2.70. The van der Waals surface area contributed by atoms with E-state index >= 15 is 0 Å². The van der Waals surface area contributed by atoms with Gasteiger partial charge in [-0.1, -0.05) is 19.4 Å². The molecule has 7 heteroatoms. The molecule has 5 aliphatic rings. The Balaban J connectivity index is 1.60. The standard InChI is InChI=1S/C23H32O6S/c1-21-9-6-15(24)12-14(21)4-5-16-17-7-10-23(11-8-19(25)28-23)22(17,2)13-18(20(16)21)29-30(3,26)27/h12,16-18,20H,4-11,13H2,1-3H3. The van der Waals surface area contributed by atoms with Crippen LogP contribution in [0.5, 0.6) is 0 Å². The summed E-state index contributed by atoms with van der Waals surface area (Å²) in [4.78, 5) is 24.2. The Kier molecular flexibility index (Phi) is 4.42. The van der Waals surface area contributed by atoms with Crippen molar-refractivity contribution in [2.45, 2.75) is 83.3 Å². The first kappa shape index (κ1) is 20.7. The molecule has 0 radical (unpaired) electrons. The van der Waals surface area contributed by atoms with Crippen LogP contribution in [0.25, 0.3) is 0 Å². The second-order valence-corrected chi connectivity index (χ2v) is 12.5. The van der Waals surface area contributed by atoms with E-state index in [-0.39, 0.29) is 28.5 Å². The van der Waals surface area contributed by atoms with E-state index in [0.717, 1.165) is 44.8 Å². The summed E-state index contributed by atoms with van der Waals surface area (Å²) in [5, 5.41) is 0. The smallest absolute Gasteiger partial charge is 0.306 e. The number of rotatable bonds is 2. The molecule has 1 heterocycles. The summed E-state index contributed by atoms with van der Waals surface area (Å²) in [6.07, 6.45) is 9.18. The number of carbonyl (C=O) groups excluding carboxylic acids is 2. The van der Waals surface area contributed by atoms with Crippen LogP contribution in [0.1, 0.15) is 71.6 Å². The van der Waals surface area contributed by atoms with Gasteiger partial charge in [0.25, 0.3) is 10.1 Å². The fraction of sp³-hybridized carbons (Fsp3) is 0.826. The van der Waals surface area contributed by atoms with Crippen LogP contribution in [0.15, 0.2) is 11.6 Å². The van der Waals surface area contributed by atoms with Gasteiger partial charge in [-0.05, 0) is 74.2 Å². The molecule has 0 aromatic rings. The molecular weight excluding hydrogens is 404 g/mol. The largest absolute Gasteiger partial charge is 0.458 e. The molecule has 0 amide bonds. The summed E-state index contributed by atoms with van der Waals surface area (Å²) >= 11 is 0. The SMILES string of the molecule is CC12CCC(=O)C=C1CCC1C2C(OS(C)(=O)=O)CC2(C)C1CCC21CCC(=O)O1. The molecule has 0 N–H and O–H groups in total. The molecule has 1 saturated heterocycles. The van der Waals surface area contributed by atoms with Crippen molar-refractivity contribution >= 4 is 21.9 Å². The zero-order valence-corrected chi connectivity index (χ0v) is 18.9. The second-order valence-electron chi connectivity index (χ2n) is 10.9. The number of ether oxygens (including phenoxy) is 1. The van der Waals surface area contributed by atoms with E-state index in [1.807, 2.05) is 6.08 Å². The number of carbonyl (C=O) groups is 2. The zero-order valence-electron chi connectivity index (χ0n) is 18.1. The van der Waals surface area contributed by atoms with Gasteiger partial charge in [0.1, 0.15) is 5.60 Å². The van der Waals surface area contributed by atoms with E-state index in [9.17, 15) is 18.0 Å². The molecular formula is C23H32O6S. The lowest BCUT2D eigenvalue weighted by Gasteiger charge is -2.61. The minimum absolute atomic E-state index is 0.0608. The van der Waals surface area contributed by atoms with Crippen molar-refractivity contribution in [3.05, 3.63) is 11.6 Å². The Morgan fingerprint density at radius 1 is 1.07 bits per heavy atom. The maximum atomic E-state index is 12.3. The van der Waals surface area contributed by atoms with Crippen molar-refractivity contribution in [3.63, 3.8) is 0 Å². The maximum Gasteiger partial charge on any atom is 0.306 e. The minimum atomic E-state index is -3.65. The molecule has 7 unspecified atom stereocenters. The van der Waals surface area contributed by atoms with Crippen molar-refractivity contribution in [2.24, 2.45) is 28.6 Å². The van der Waals surface area contributed by atoms with Gasteiger partial charge in [-0.15, -0.1) is 0 Å². The van der Waals surface area contributed by atoms with Crippen LogP contribution in [0.4, 0.5) is 0 Å². The first-order chi connectivity index (χ1) is 14.0. The van der Waals surface area contributed by atoms with Gasteiger partial charge in [0.05, 0.1) is 12.4 Å². The van der Waals surface area contributed by atoms with Crippen LogP contribution in [0.3, 0.4) is 0 Å². The molecule has 30 heavy (non-hydrogen) atoms. The van der Waals surface area contributed by atoms with Crippen LogP contribution < -0.4 is 0 Å². The highest BCUT2D eigenvalue weighted by Gasteiger charge is 2.69. The van der Waals surface area contributed by atoms with Crippen LogP contribution in [-0.2, 0) is 28.6 Å². The Morgan fingerprint density at radius 2 is 1.83 bits per heavy atom. The molecule has 0 aromatic heterocycles. The normalized spacial score (nSPS) is 48.0. The van der Waals surface area contributed by atoms with Gasteiger partial charge in [-0.3, -0.25) is 13.8 Å². The summed E-state index contributed by atoms with van der Waals surface area (Å²) in [6.45, 7) is 4.42. The summed E-state index contributed by atoms with van der Waals surface area (Å²) in [6, 6.07) is 0. The maximum absolute atomic E-state index is 12.3. The molecule has 0 bridgehead atoms. The average molecular weight is 437 g/mol. The van der Waals surface area contributed by atoms with Crippen molar-refractivity contribution in [2.75, 3.05) is 6.26 Å². The summed E-state index contributed by atoms with van der Waals surface area (Å²) < 4.78 is 36.3. The Bertz CT molecular complexity index is 937. The van der Waals surface area contributed by atoms with Gasteiger partial charge < -0.3 is 4.74 Å². The molecule has 1 spiro atoms. The number of hydrogen-bond donors (Lipinski definition) is 0. The van der Waals surface area contributed by atoms with E-state index in [2.05, 4.69) is 13.8 Å². The monoisotopic (exact) mass is 436 g/mol. The van der Waals surface area contributed by atoms with Gasteiger partial charge >= 0.3 is 5.97 Å². The summed E-state index contributed by atoms with van der Waals surface area (Å²) in [5.41, 5.74) is 0.192. The van der Waals surface area contributed by atoms with Gasteiger partial charge in [-0.25, -0.2) is 0 Å². The highest BCUT2D eigenvalue weighted by atomic mass is 32.2. The number of ketones is 1. The lowest BCUT2D eigenvalue weighted by atomic mass is 9.45. The molecule has 4 fully saturated rings. The van der Waals surface area contributed by atoms with Gasteiger partial charge in [0.2, 0.25) is 0 Å². The molecule has 1 aliphatic heterocycles. The summed E-state index contributed by atoms with van der Waals surface area (Å²) in [7, 11) is -3.65. The molecule has 3 saturated carbocycles. The van der Waals surface area contributed by atoms with Crippen LogP contribution in [-0.4, -0.2) is 38.1 Å². The minimum Gasteiger partial charge on any atom is -0.458 e. The van der Waals surface area contributed by atoms with Gasteiger partial charge in [0.15, 0.2) is 5.78 Å². The zero-order chi connectivity index (χ0) is 21.5. The molecule has 166 valence electrons. The second kappa shape index (κ2) is 6.41. The third kappa shape index (κ3) is 2.80. The molecule has 0 aromatic carbocycles. The third-order valence-corrected chi connectivity index (χ3v) is 10.1. The molecule has 4 aliphatic carbocycles. The van der Waals surface area contributed by atoms with E-state index < -0.39 is 21.8 Å². The van der Waals surface area contributed by atoms with Crippen molar-refractivity contribution < 1.29 is 26.9 Å². The highest BCUT2D eigenvalue weighted by molar-refractivity contribution is 7.86. The average Bonchev–Trinajstić information content (AvgIpc) is 3.15. The number of esters is 1. The fourth-order valence-corrected chi connectivity index (χ4v) is 8.88. The van der Waals surface area contributed by atoms with E-state index in [1.54, 1.807) is 0 Å². The number of hydrogen-bond acceptors (Lipinski definition) is 6. The number of allylic oxidation sites excluding steroid dienone is 1. The van der Waals surface area contributed by atoms with E-state index in [1.165, 1.54) is 5.57 Å². The topological polar surface area (TPSA) is 86.7 Å². The molecule has 7 atom stereocenters. The van der Waals surface area contributed by atoms with Crippen molar-refractivity contribution in [1.29, 1.82) is 0 Å². The van der Waals surface area contributed by atoms with Crippen LogP contribution in [0, 0.1) is 28.6 Å². The van der Waals surface area contributed by atoms with E-state index in [0.29, 0.717) is 31.1 Å². The molecule has 5 rings (SSSR count). The Labute approximate surface area is 178 Å². The Hall–Kier alpha value is -1.21. The lowest BCUT2D eigenvalue weighted by Crippen LogP contribution is -2.60. The van der Waals surface area contributed by atoms with Crippen LogP contribution in [0.2, 0.25) is 0 Å². The quantitative estimate of drug-likeness (QED) is 0.486. The number of fused-ring (bicyclic) bond motifs is 6. The molecule has 6 nitrogen and oxygen atoms in total. The predicted octanol–water partition coefficient (Wildman–Crippen LogP) is 3.55. The first-order valence-corrected chi connectivity index (χ1v) is 13.1. The van der Waals surface area contributed by atoms with Gasteiger partial charge in [0, 0.05) is 18.3 Å².